The van der Waals surface area contributed by atoms with Gasteiger partial charge in [0.05, 0.1) is 0 Å². The van der Waals surface area contributed by atoms with E-state index in [0.29, 0.717) is 23.2 Å². The second-order valence-corrected chi connectivity index (χ2v) is 13.3. The molecule has 0 aromatic heterocycles. The highest BCUT2D eigenvalue weighted by molar-refractivity contribution is 5.66. The molecule has 0 aromatic carbocycles. The van der Waals surface area contributed by atoms with Crippen molar-refractivity contribution >= 4 is 5.97 Å². The third-order valence-electron chi connectivity index (χ3n) is 11.2. The molecule has 4 unspecified atom stereocenters. The molecule has 0 aliphatic heterocycles. The Morgan fingerprint density at radius 3 is 2.56 bits per heavy atom. The third kappa shape index (κ3) is 4.46. The van der Waals surface area contributed by atoms with Crippen molar-refractivity contribution < 1.29 is 9.90 Å². The molecule has 2 heteroatoms. The molecule has 0 bridgehead atoms. The average Bonchev–Trinajstić information content (AvgIpc) is 3.09. The van der Waals surface area contributed by atoms with Gasteiger partial charge in [0.2, 0.25) is 0 Å². The highest BCUT2D eigenvalue weighted by atomic mass is 16.4. The molecule has 0 amide bonds. The van der Waals surface area contributed by atoms with Crippen molar-refractivity contribution in [2.24, 2.45) is 52.3 Å². The van der Waals surface area contributed by atoms with Gasteiger partial charge in [0, 0.05) is 6.42 Å². The minimum atomic E-state index is -0.628. The van der Waals surface area contributed by atoms with Crippen LogP contribution in [0.4, 0.5) is 0 Å². The maximum Gasteiger partial charge on any atom is 0.303 e. The highest BCUT2D eigenvalue weighted by Gasteiger charge is 2.59. The van der Waals surface area contributed by atoms with Crippen molar-refractivity contribution in [3.8, 4) is 0 Å². The average molecular weight is 443 g/mol. The lowest BCUT2D eigenvalue weighted by Gasteiger charge is -2.58. The SMILES string of the molecule is CC(C)CCC[C@@H](C)C1CC[C@H]2[C@H]3CC=C4C[C@@H](CCC(=O)O)CCC4(C)C3CCC12C. The van der Waals surface area contributed by atoms with E-state index in [-0.39, 0.29) is 0 Å². The monoisotopic (exact) mass is 442 g/mol. The predicted molar refractivity (Wildman–Crippen MR) is 133 cm³/mol. The summed E-state index contributed by atoms with van der Waals surface area (Å²) in [5, 5.41) is 9.11. The van der Waals surface area contributed by atoms with Gasteiger partial charge in [-0.05, 0) is 110 Å². The van der Waals surface area contributed by atoms with E-state index in [1.165, 1.54) is 70.6 Å². The summed E-state index contributed by atoms with van der Waals surface area (Å²) in [7, 11) is 0. The molecule has 4 rings (SSSR count). The molecule has 2 nitrogen and oxygen atoms in total. The standard InChI is InChI=1S/C30H50O2/c1-20(2)7-6-8-21(3)25-12-13-26-24-11-10-23-19-22(9-14-28(31)32)15-17-29(23,4)27(24)16-18-30(25,26)5/h10,20-22,24-27H,6-9,11-19H2,1-5H3,(H,31,32)/t21-,22+,24-,25?,26+,27?,29?,30?/m1/s1. The number of rotatable bonds is 8. The van der Waals surface area contributed by atoms with Gasteiger partial charge in [-0.2, -0.15) is 0 Å². The van der Waals surface area contributed by atoms with E-state index in [9.17, 15) is 4.79 Å². The van der Waals surface area contributed by atoms with Gasteiger partial charge in [-0.3, -0.25) is 4.79 Å². The number of carbonyl (C=O) groups is 1. The lowest BCUT2D eigenvalue weighted by atomic mass is 9.46. The zero-order valence-electron chi connectivity index (χ0n) is 21.7. The molecule has 0 spiro atoms. The minimum Gasteiger partial charge on any atom is -0.481 e. The quantitative estimate of drug-likeness (QED) is 0.382. The maximum absolute atomic E-state index is 11.1. The van der Waals surface area contributed by atoms with Crippen molar-refractivity contribution in [3.63, 3.8) is 0 Å². The fourth-order valence-corrected chi connectivity index (χ4v) is 9.33. The fourth-order valence-electron chi connectivity index (χ4n) is 9.33. The number of allylic oxidation sites excluding steroid dienone is 2. The summed E-state index contributed by atoms with van der Waals surface area (Å²) in [5.41, 5.74) is 2.67. The Kier molecular flexibility index (Phi) is 7.19. The smallest absolute Gasteiger partial charge is 0.303 e. The summed E-state index contributed by atoms with van der Waals surface area (Å²) in [6.07, 6.45) is 18.9. The lowest BCUT2D eigenvalue weighted by Crippen LogP contribution is -2.50. The largest absolute Gasteiger partial charge is 0.481 e. The molecule has 4 aliphatic carbocycles. The van der Waals surface area contributed by atoms with Crippen LogP contribution in [0.2, 0.25) is 0 Å². The number of hydrogen-bond acceptors (Lipinski definition) is 1. The van der Waals surface area contributed by atoms with Gasteiger partial charge in [-0.1, -0.05) is 65.5 Å². The summed E-state index contributed by atoms with van der Waals surface area (Å²) in [6, 6.07) is 0. The van der Waals surface area contributed by atoms with Crippen LogP contribution in [0.25, 0.3) is 0 Å². The van der Waals surface area contributed by atoms with Gasteiger partial charge < -0.3 is 5.11 Å². The van der Waals surface area contributed by atoms with Gasteiger partial charge in [-0.15, -0.1) is 0 Å². The van der Waals surface area contributed by atoms with Gasteiger partial charge in [0.1, 0.15) is 0 Å². The molecule has 1 N–H and O–H groups in total. The summed E-state index contributed by atoms with van der Waals surface area (Å²) in [4.78, 5) is 11.1. The first-order valence-corrected chi connectivity index (χ1v) is 14.1. The van der Waals surface area contributed by atoms with Crippen molar-refractivity contribution in [2.45, 2.75) is 118 Å². The van der Waals surface area contributed by atoms with Gasteiger partial charge >= 0.3 is 5.97 Å². The van der Waals surface area contributed by atoms with E-state index in [1.54, 1.807) is 5.57 Å². The predicted octanol–water partition coefficient (Wildman–Crippen LogP) is 8.51. The Labute approximate surface area is 198 Å². The van der Waals surface area contributed by atoms with Crippen LogP contribution in [0, 0.1) is 52.3 Å². The second kappa shape index (κ2) is 9.46. The van der Waals surface area contributed by atoms with E-state index in [2.05, 4.69) is 40.7 Å². The number of carboxylic acids is 1. The number of aliphatic carboxylic acids is 1. The Morgan fingerprint density at radius 1 is 1.06 bits per heavy atom. The number of fused-ring (bicyclic) bond motifs is 5. The zero-order chi connectivity index (χ0) is 23.1. The molecule has 182 valence electrons. The Bertz CT molecular complexity index is 708. The summed E-state index contributed by atoms with van der Waals surface area (Å²) in [5.74, 6) is 5.32. The third-order valence-corrected chi connectivity index (χ3v) is 11.2. The second-order valence-electron chi connectivity index (χ2n) is 13.3. The van der Waals surface area contributed by atoms with E-state index in [1.807, 2.05) is 0 Å². The Morgan fingerprint density at radius 2 is 1.84 bits per heavy atom. The molecule has 3 saturated carbocycles. The molecule has 8 atom stereocenters. The first-order valence-electron chi connectivity index (χ1n) is 14.1. The van der Waals surface area contributed by atoms with Crippen molar-refractivity contribution in [1.82, 2.24) is 0 Å². The van der Waals surface area contributed by atoms with Crippen LogP contribution in [0.15, 0.2) is 11.6 Å². The number of hydrogen-bond donors (Lipinski definition) is 1. The summed E-state index contributed by atoms with van der Waals surface area (Å²) < 4.78 is 0. The van der Waals surface area contributed by atoms with Crippen LogP contribution in [0.5, 0.6) is 0 Å². The van der Waals surface area contributed by atoms with Crippen LogP contribution < -0.4 is 0 Å². The molecule has 32 heavy (non-hydrogen) atoms. The Balaban J connectivity index is 1.44. The molecule has 0 aromatic rings. The van der Waals surface area contributed by atoms with Crippen LogP contribution in [-0.4, -0.2) is 11.1 Å². The minimum absolute atomic E-state index is 0.345. The maximum atomic E-state index is 11.1. The van der Waals surface area contributed by atoms with Gasteiger partial charge in [0.15, 0.2) is 0 Å². The van der Waals surface area contributed by atoms with Crippen molar-refractivity contribution in [1.29, 1.82) is 0 Å². The molecular formula is C30H50O2. The first kappa shape index (κ1) is 24.3. The molecule has 3 fully saturated rings. The van der Waals surface area contributed by atoms with Crippen LogP contribution >= 0.6 is 0 Å². The van der Waals surface area contributed by atoms with Crippen molar-refractivity contribution in [2.75, 3.05) is 0 Å². The van der Waals surface area contributed by atoms with Crippen molar-refractivity contribution in [3.05, 3.63) is 11.6 Å². The highest BCUT2D eigenvalue weighted by Crippen LogP contribution is 2.67. The lowest BCUT2D eigenvalue weighted by molar-refractivity contribution is -0.137. The topological polar surface area (TPSA) is 37.3 Å². The first-order chi connectivity index (χ1) is 15.1. The molecule has 0 radical (unpaired) electrons. The van der Waals surface area contributed by atoms with Gasteiger partial charge in [-0.25, -0.2) is 0 Å². The van der Waals surface area contributed by atoms with Crippen LogP contribution in [0.3, 0.4) is 0 Å². The van der Waals surface area contributed by atoms with Crippen LogP contribution in [0.1, 0.15) is 118 Å². The zero-order valence-corrected chi connectivity index (χ0v) is 21.7. The fraction of sp³-hybridized carbons (Fsp3) is 0.900. The molecule has 0 saturated heterocycles. The van der Waals surface area contributed by atoms with E-state index in [0.717, 1.165) is 41.9 Å². The summed E-state index contributed by atoms with van der Waals surface area (Å²) >= 11 is 0. The van der Waals surface area contributed by atoms with Crippen LogP contribution in [-0.2, 0) is 4.79 Å². The normalized spacial score (nSPS) is 42.1. The van der Waals surface area contributed by atoms with E-state index in [4.69, 9.17) is 5.11 Å². The van der Waals surface area contributed by atoms with E-state index >= 15 is 0 Å². The molecule has 4 aliphatic rings. The van der Waals surface area contributed by atoms with E-state index < -0.39 is 5.97 Å². The molecular weight excluding hydrogens is 392 g/mol. The number of carboxylic acid groups (broad SMARTS) is 1. The van der Waals surface area contributed by atoms with Gasteiger partial charge in [0.25, 0.3) is 0 Å². The summed E-state index contributed by atoms with van der Waals surface area (Å²) in [6.45, 7) is 12.6. The molecule has 0 heterocycles. The Hall–Kier alpha value is -0.790.